The fourth-order valence-electron chi connectivity index (χ4n) is 5.11. The summed E-state index contributed by atoms with van der Waals surface area (Å²) in [4.78, 5) is 22.7. The maximum Gasteiger partial charge on any atom is 0.251 e. The van der Waals surface area contributed by atoms with E-state index in [1.807, 2.05) is 61.5 Å². The molecule has 4 aromatic rings. The molecule has 2 aromatic carbocycles. The summed E-state index contributed by atoms with van der Waals surface area (Å²) in [5, 5.41) is 3.10. The van der Waals surface area contributed by atoms with Crippen molar-refractivity contribution in [3.8, 4) is 23.0 Å². The third kappa shape index (κ3) is 4.65. The number of amides is 1. The second kappa shape index (κ2) is 10.4. The van der Waals surface area contributed by atoms with Crippen molar-refractivity contribution >= 4 is 16.9 Å². The van der Waals surface area contributed by atoms with Gasteiger partial charge in [0.1, 0.15) is 5.69 Å². The average molecular weight is 485 g/mol. The van der Waals surface area contributed by atoms with Crippen LogP contribution in [0.25, 0.3) is 22.6 Å². The number of benzene rings is 2. The molecule has 1 aliphatic carbocycles. The van der Waals surface area contributed by atoms with Crippen LogP contribution in [0.1, 0.15) is 67.0 Å². The number of carbonyl (C=O) groups excluding carboxylic acids is 1. The second-order valence-electron chi connectivity index (χ2n) is 9.33. The van der Waals surface area contributed by atoms with Gasteiger partial charge in [-0.25, -0.2) is 4.98 Å². The number of imidazole rings is 1. The second-order valence-corrected chi connectivity index (χ2v) is 9.33. The number of nitrogens with one attached hydrogen (secondary N) is 1. The highest BCUT2D eigenvalue weighted by molar-refractivity contribution is 5.98. The Hall–Kier alpha value is -3.87. The molecule has 0 saturated heterocycles. The van der Waals surface area contributed by atoms with Crippen molar-refractivity contribution in [2.75, 3.05) is 14.2 Å². The van der Waals surface area contributed by atoms with Gasteiger partial charge in [0.2, 0.25) is 0 Å². The summed E-state index contributed by atoms with van der Waals surface area (Å²) >= 11 is 0. The molecule has 0 aliphatic heterocycles. The maximum atomic E-state index is 13.2. The minimum absolute atomic E-state index is 0.147. The van der Waals surface area contributed by atoms with Crippen molar-refractivity contribution in [1.82, 2.24) is 19.9 Å². The number of hydrogen-bond acceptors (Lipinski definition) is 5. The van der Waals surface area contributed by atoms with E-state index in [0.717, 1.165) is 41.0 Å². The summed E-state index contributed by atoms with van der Waals surface area (Å²) in [6.45, 7) is 1.95. The summed E-state index contributed by atoms with van der Waals surface area (Å²) in [6.07, 6.45) is 7.80. The lowest BCUT2D eigenvalue weighted by Crippen LogP contribution is -2.26. The van der Waals surface area contributed by atoms with Crippen LogP contribution in [0.4, 0.5) is 0 Å². The van der Waals surface area contributed by atoms with Crippen LogP contribution in [0, 0.1) is 0 Å². The van der Waals surface area contributed by atoms with E-state index in [1.165, 1.54) is 19.3 Å². The van der Waals surface area contributed by atoms with Crippen LogP contribution >= 0.6 is 0 Å². The van der Waals surface area contributed by atoms with Gasteiger partial charge < -0.3 is 19.4 Å². The largest absolute Gasteiger partial charge is 0.493 e. The smallest absolute Gasteiger partial charge is 0.251 e. The Morgan fingerprint density at radius 1 is 1.00 bits per heavy atom. The third-order valence-electron chi connectivity index (χ3n) is 7.04. The van der Waals surface area contributed by atoms with Gasteiger partial charge in [-0.2, -0.15) is 0 Å². The molecule has 1 saturated carbocycles. The molecule has 7 heteroatoms. The summed E-state index contributed by atoms with van der Waals surface area (Å²) in [5.41, 5.74) is 4.23. The zero-order valence-corrected chi connectivity index (χ0v) is 21.0. The highest BCUT2D eigenvalue weighted by Crippen LogP contribution is 2.36. The predicted octanol–water partition coefficient (Wildman–Crippen LogP) is 6.11. The first kappa shape index (κ1) is 23.9. The average Bonchev–Trinajstić information content (AvgIpc) is 3.32. The molecule has 7 nitrogen and oxygen atoms in total. The molecular formula is C29H32N4O3. The first-order chi connectivity index (χ1) is 17.6. The van der Waals surface area contributed by atoms with Crippen molar-refractivity contribution in [2.24, 2.45) is 0 Å². The van der Waals surface area contributed by atoms with Gasteiger partial charge in [-0.15, -0.1) is 0 Å². The maximum absolute atomic E-state index is 13.2. The molecule has 0 unspecified atom stereocenters. The number of carbonyl (C=O) groups is 1. The number of fused-ring (bicyclic) bond motifs is 1. The van der Waals surface area contributed by atoms with Gasteiger partial charge in [0, 0.05) is 17.8 Å². The molecule has 186 valence electrons. The minimum Gasteiger partial charge on any atom is -0.493 e. The molecule has 5 rings (SSSR count). The number of hydrogen-bond donors (Lipinski definition) is 1. The molecule has 1 aliphatic rings. The number of rotatable bonds is 7. The summed E-state index contributed by atoms with van der Waals surface area (Å²) in [5.74, 6) is 2.01. The van der Waals surface area contributed by atoms with Gasteiger partial charge in [-0.1, -0.05) is 31.4 Å². The van der Waals surface area contributed by atoms with Crippen molar-refractivity contribution < 1.29 is 14.3 Å². The van der Waals surface area contributed by atoms with E-state index >= 15 is 0 Å². The number of nitrogens with zero attached hydrogens (tertiary/aromatic N) is 3. The fourth-order valence-corrected chi connectivity index (χ4v) is 5.11. The van der Waals surface area contributed by atoms with E-state index < -0.39 is 0 Å². The van der Waals surface area contributed by atoms with Gasteiger partial charge in [0.15, 0.2) is 17.3 Å². The molecule has 36 heavy (non-hydrogen) atoms. The topological polar surface area (TPSA) is 78.3 Å². The Balaban J connectivity index is 1.45. The van der Waals surface area contributed by atoms with Crippen LogP contribution in [-0.2, 0) is 0 Å². The van der Waals surface area contributed by atoms with Crippen molar-refractivity contribution in [3.05, 3.63) is 71.9 Å². The number of pyridine rings is 1. The van der Waals surface area contributed by atoms with E-state index in [9.17, 15) is 4.79 Å². The Morgan fingerprint density at radius 3 is 2.53 bits per heavy atom. The van der Waals surface area contributed by atoms with Crippen LogP contribution < -0.4 is 14.8 Å². The molecule has 1 fully saturated rings. The first-order valence-corrected chi connectivity index (χ1v) is 12.5. The number of methoxy groups -OCH3 is 2. The molecular weight excluding hydrogens is 452 g/mol. The van der Waals surface area contributed by atoms with Gasteiger partial charge in [0.25, 0.3) is 5.91 Å². The highest BCUT2D eigenvalue weighted by atomic mass is 16.5. The van der Waals surface area contributed by atoms with Gasteiger partial charge in [-0.05, 0) is 67.8 Å². The van der Waals surface area contributed by atoms with Gasteiger partial charge in [0.05, 0.1) is 31.3 Å². The normalized spacial score (nSPS) is 15.0. The van der Waals surface area contributed by atoms with Crippen molar-refractivity contribution in [3.63, 3.8) is 0 Å². The Morgan fingerprint density at radius 2 is 1.81 bits per heavy atom. The van der Waals surface area contributed by atoms with E-state index in [1.54, 1.807) is 20.4 Å². The SMILES string of the molecule is COc1ccc([C@@H](C)NC(=O)c2ccc3c(c2)nc(-c2ccccn2)n3C2CCCCC2)cc1OC. The summed E-state index contributed by atoms with van der Waals surface area (Å²) in [6, 6.07) is 17.6. The summed E-state index contributed by atoms with van der Waals surface area (Å²) in [7, 11) is 3.21. The molecule has 0 bridgehead atoms. The van der Waals surface area contributed by atoms with Crippen LogP contribution in [0.5, 0.6) is 11.5 Å². The van der Waals surface area contributed by atoms with E-state index in [2.05, 4.69) is 14.9 Å². The van der Waals surface area contributed by atoms with E-state index in [-0.39, 0.29) is 11.9 Å². The zero-order valence-electron chi connectivity index (χ0n) is 21.0. The van der Waals surface area contributed by atoms with Crippen molar-refractivity contribution in [2.45, 2.75) is 51.1 Å². The molecule has 1 amide bonds. The molecule has 1 atom stereocenters. The zero-order chi connectivity index (χ0) is 25.1. The standard InChI is InChI=1S/C29H32N4O3/c1-19(20-13-15-26(35-2)27(18-20)36-3)31-29(34)21-12-14-25-24(17-21)32-28(23-11-7-8-16-30-23)33(25)22-9-5-4-6-10-22/h7-8,11-19,22H,4-6,9-10H2,1-3H3,(H,31,34)/t19-/m1/s1. The van der Waals surface area contributed by atoms with E-state index in [0.29, 0.717) is 23.1 Å². The Labute approximate surface area is 211 Å². The lowest BCUT2D eigenvalue weighted by atomic mass is 9.95. The molecule has 0 radical (unpaired) electrons. The van der Waals surface area contributed by atoms with Crippen LogP contribution in [0.2, 0.25) is 0 Å². The molecule has 0 spiro atoms. The highest BCUT2D eigenvalue weighted by Gasteiger charge is 2.24. The minimum atomic E-state index is -0.211. The lowest BCUT2D eigenvalue weighted by Gasteiger charge is -2.25. The lowest BCUT2D eigenvalue weighted by molar-refractivity contribution is 0.0940. The van der Waals surface area contributed by atoms with Crippen LogP contribution in [-0.4, -0.2) is 34.7 Å². The summed E-state index contributed by atoms with van der Waals surface area (Å²) < 4.78 is 13.1. The number of aromatic nitrogens is 3. The van der Waals surface area contributed by atoms with Crippen LogP contribution in [0.3, 0.4) is 0 Å². The van der Waals surface area contributed by atoms with E-state index in [4.69, 9.17) is 14.5 Å². The monoisotopic (exact) mass is 484 g/mol. The molecule has 2 aromatic heterocycles. The fraction of sp³-hybridized carbons (Fsp3) is 0.345. The third-order valence-corrected chi connectivity index (χ3v) is 7.04. The van der Waals surface area contributed by atoms with Crippen molar-refractivity contribution in [1.29, 1.82) is 0 Å². The molecule has 2 heterocycles. The Kier molecular flexibility index (Phi) is 6.89. The Bertz CT molecular complexity index is 1360. The quantitative estimate of drug-likeness (QED) is 0.342. The first-order valence-electron chi connectivity index (χ1n) is 12.5. The molecule has 1 N–H and O–H groups in total. The van der Waals surface area contributed by atoms with Crippen LogP contribution in [0.15, 0.2) is 60.8 Å². The predicted molar refractivity (Wildman–Crippen MR) is 141 cm³/mol. The van der Waals surface area contributed by atoms with Gasteiger partial charge >= 0.3 is 0 Å². The number of ether oxygens (including phenoxy) is 2. The van der Waals surface area contributed by atoms with Gasteiger partial charge in [-0.3, -0.25) is 9.78 Å².